The smallest absolute Gasteiger partial charge is 0.294 e. The molecule has 7 nitrogen and oxygen atoms in total. The lowest BCUT2D eigenvalue weighted by molar-refractivity contribution is 0.415. The topological polar surface area (TPSA) is 63.5 Å². The number of nitrogens with zero attached hydrogens (tertiary/aromatic N) is 5. The second-order valence-corrected chi connectivity index (χ2v) is 8.58. The van der Waals surface area contributed by atoms with Gasteiger partial charge < -0.3 is 14.5 Å². The highest BCUT2D eigenvalue weighted by Crippen LogP contribution is 2.27. The maximum atomic E-state index is 12.9. The highest BCUT2D eigenvalue weighted by atomic mass is 35.5. The van der Waals surface area contributed by atoms with Gasteiger partial charge >= 0.3 is 0 Å². The fraction of sp³-hybridized carbons (Fsp3) is 0.227. The van der Waals surface area contributed by atoms with E-state index >= 15 is 0 Å². The van der Waals surface area contributed by atoms with E-state index in [4.69, 9.17) is 16.3 Å². The number of rotatable bonds is 4. The van der Waals surface area contributed by atoms with Crippen LogP contribution in [0.2, 0.25) is 5.02 Å². The molecule has 3 heterocycles. The Kier molecular flexibility index (Phi) is 5.25. The predicted molar refractivity (Wildman–Crippen MR) is 125 cm³/mol. The maximum absolute atomic E-state index is 12.9. The van der Waals surface area contributed by atoms with E-state index in [9.17, 15) is 4.79 Å². The van der Waals surface area contributed by atoms with E-state index in [-0.39, 0.29) is 10.6 Å². The second-order valence-electron chi connectivity index (χ2n) is 7.20. The van der Waals surface area contributed by atoms with Crippen molar-refractivity contribution in [3.05, 3.63) is 70.1 Å². The quantitative estimate of drug-likeness (QED) is 0.468. The van der Waals surface area contributed by atoms with Crippen molar-refractivity contribution < 1.29 is 4.74 Å². The number of benzene rings is 2. The minimum absolute atomic E-state index is 0.173. The molecule has 0 atom stereocenters. The van der Waals surface area contributed by atoms with Crippen molar-refractivity contribution in [3.8, 4) is 10.9 Å². The summed E-state index contributed by atoms with van der Waals surface area (Å²) in [6.45, 7) is 3.14. The lowest BCUT2D eigenvalue weighted by Gasteiger charge is -2.37. The molecular formula is C22H20ClN5O2S. The van der Waals surface area contributed by atoms with E-state index in [1.807, 2.05) is 36.4 Å². The van der Waals surface area contributed by atoms with Gasteiger partial charge in [-0.1, -0.05) is 35.1 Å². The number of hydrogen-bond donors (Lipinski definition) is 0. The first-order chi connectivity index (χ1) is 15.1. The van der Waals surface area contributed by atoms with E-state index in [1.165, 1.54) is 16.0 Å². The van der Waals surface area contributed by atoms with Crippen LogP contribution in [0.25, 0.3) is 15.3 Å². The minimum atomic E-state index is -0.351. The highest BCUT2D eigenvalue weighted by Gasteiger charge is 2.22. The first-order valence-electron chi connectivity index (χ1n) is 9.92. The third kappa shape index (κ3) is 3.73. The lowest BCUT2D eigenvalue weighted by Crippen LogP contribution is -2.47. The van der Waals surface area contributed by atoms with Crippen molar-refractivity contribution in [1.29, 1.82) is 0 Å². The van der Waals surface area contributed by atoms with Crippen molar-refractivity contribution in [2.24, 2.45) is 0 Å². The summed E-state index contributed by atoms with van der Waals surface area (Å²) in [4.78, 5) is 21.9. The molecule has 1 saturated heterocycles. The SMILES string of the molecule is COc1ccc(N2CCN(c3cnn(-c4nc5ccccc5s4)c(=O)c3Cl)CC2)cc1. The van der Waals surface area contributed by atoms with E-state index in [1.54, 1.807) is 13.3 Å². The molecule has 0 radical (unpaired) electrons. The average Bonchev–Trinajstić information content (AvgIpc) is 3.25. The van der Waals surface area contributed by atoms with Crippen LogP contribution in [0.3, 0.4) is 0 Å². The standard InChI is InChI=1S/C22H20ClN5O2S/c1-30-16-8-6-15(7-9-16)26-10-12-27(13-11-26)18-14-24-28(21(29)20(18)23)22-25-17-4-2-3-5-19(17)31-22/h2-9,14H,10-13H2,1H3. The van der Waals surface area contributed by atoms with E-state index < -0.39 is 0 Å². The summed E-state index contributed by atoms with van der Waals surface area (Å²) in [6, 6.07) is 15.8. The molecule has 9 heteroatoms. The summed E-state index contributed by atoms with van der Waals surface area (Å²) >= 11 is 7.92. The van der Waals surface area contributed by atoms with Gasteiger partial charge in [0.1, 0.15) is 10.8 Å². The summed E-state index contributed by atoms with van der Waals surface area (Å²) in [5.41, 5.74) is 2.30. The molecule has 0 N–H and O–H groups in total. The predicted octanol–water partition coefficient (Wildman–Crippen LogP) is 3.83. The number of hydrogen-bond acceptors (Lipinski definition) is 7. The monoisotopic (exact) mass is 453 g/mol. The normalized spacial score (nSPS) is 14.3. The Morgan fingerprint density at radius 2 is 1.71 bits per heavy atom. The Hall–Kier alpha value is -3.10. The molecule has 1 fully saturated rings. The summed E-state index contributed by atoms with van der Waals surface area (Å²) < 4.78 is 7.51. The molecule has 2 aromatic carbocycles. The van der Waals surface area contributed by atoms with Gasteiger partial charge in [0.15, 0.2) is 0 Å². The summed E-state index contributed by atoms with van der Waals surface area (Å²) in [5.74, 6) is 0.842. The molecule has 5 rings (SSSR count). The number of fused-ring (bicyclic) bond motifs is 1. The number of piperazine rings is 1. The highest BCUT2D eigenvalue weighted by molar-refractivity contribution is 7.20. The van der Waals surface area contributed by atoms with Gasteiger partial charge in [0.05, 0.1) is 29.2 Å². The molecular weight excluding hydrogens is 434 g/mol. The van der Waals surface area contributed by atoms with Crippen LogP contribution in [-0.2, 0) is 0 Å². The van der Waals surface area contributed by atoms with Crippen molar-refractivity contribution in [1.82, 2.24) is 14.8 Å². The van der Waals surface area contributed by atoms with Crippen molar-refractivity contribution in [3.63, 3.8) is 0 Å². The molecule has 1 aliphatic rings. The Balaban J connectivity index is 1.35. The molecule has 0 spiro atoms. The number of ether oxygens (including phenoxy) is 1. The Morgan fingerprint density at radius 1 is 1.00 bits per heavy atom. The first kappa shape index (κ1) is 19.8. The van der Waals surface area contributed by atoms with Crippen LogP contribution in [0.5, 0.6) is 5.75 Å². The van der Waals surface area contributed by atoms with Crippen molar-refractivity contribution >= 4 is 44.5 Å². The average molecular weight is 454 g/mol. The zero-order valence-electron chi connectivity index (χ0n) is 16.9. The van der Waals surface area contributed by atoms with Gasteiger partial charge in [-0.3, -0.25) is 4.79 Å². The van der Waals surface area contributed by atoms with Crippen LogP contribution in [0.4, 0.5) is 11.4 Å². The number of aromatic nitrogens is 3. The number of anilines is 2. The van der Waals surface area contributed by atoms with Gasteiger partial charge in [0.2, 0.25) is 5.13 Å². The maximum Gasteiger partial charge on any atom is 0.294 e. The molecule has 1 aliphatic heterocycles. The summed E-state index contributed by atoms with van der Waals surface area (Å²) in [7, 11) is 1.66. The van der Waals surface area contributed by atoms with Crippen LogP contribution in [0.1, 0.15) is 0 Å². The molecule has 0 amide bonds. The third-order valence-corrected chi connectivity index (χ3v) is 6.79. The van der Waals surface area contributed by atoms with Gasteiger partial charge in [0.25, 0.3) is 5.56 Å². The lowest BCUT2D eigenvalue weighted by atomic mass is 10.2. The van der Waals surface area contributed by atoms with Gasteiger partial charge in [-0.2, -0.15) is 9.78 Å². The van der Waals surface area contributed by atoms with Gasteiger partial charge in [-0.25, -0.2) is 4.98 Å². The Bertz CT molecular complexity index is 1250. The van der Waals surface area contributed by atoms with Gasteiger partial charge in [-0.05, 0) is 36.4 Å². The van der Waals surface area contributed by atoms with E-state index in [0.29, 0.717) is 10.8 Å². The molecule has 158 valence electrons. The Labute approximate surface area is 188 Å². The van der Waals surface area contributed by atoms with E-state index in [0.717, 1.165) is 47.8 Å². The molecule has 0 aliphatic carbocycles. The van der Waals surface area contributed by atoms with Gasteiger partial charge in [0, 0.05) is 31.9 Å². The van der Waals surface area contributed by atoms with E-state index in [2.05, 4.69) is 32.0 Å². The molecule has 0 bridgehead atoms. The van der Waals surface area contributed by atoms with Crippen LogP contribution in [0.15, 0.2) is 59.5 Å². The third-order valence-electron chi connectivity index (χ3n) is 5.42. The molecule has 31 heavy (non-hydrogen) atoms. The first-order valence-corrected chi connectivity index (χ1v) is 11.1. The largest absolute Gasteiger partial charge is 0.497 e. The zero-order chi connectivity index (χ0) is 21.4. The van der Waals surface area contributed by atoms with Crippen LogP contribution >= 0.6 is 22.9 Å². The van der Waals surface area contributed by atoms with Gasteiger partial charge in [-0.15, -0.1) is 0 Å². The summed E-state index contributed by atoms with van der Waals surface area (Å²) in [6.07, 6.45) is 1.67. The van der Waals surface area contributed by atoms with Crippen LogP contribution in [-0.4, -0.2) is 48.1 Å². The zero-order valence-corrected chi connectivity index (χ0v) is 18.4. The molecule has 2 aromatic heterocycles. The Morgan fingerprint density at radius 3 is 2.42 bits per heavy atom. The number of halogens is 1. The van der Waals surface area contributed by atoms with Crippen molar-refractivity contribution in [2.75, 3.05) is 43.1 Å². The summed E-state index contributed by atoms with van der Waals surface area (Å²) in [5, 5.41) is 5.07. The number of para-hydroxylation sites is 1. The van der Waals surface area contributed by atoms with Crippen LogP contribution in [0, 0.1) is 0 Å². The molecule has 4 aromatic rings. The second kappa shape index (κ2) is 8.20. The van der Waals surface area contributed by atoms with Crippen molar-refractivity contribution in [2.45, 2.75) is 0 Å². The molecule has 0 saturated carbocycles. The number of methoxy groups -OCH3 is 1. The molecule has 0 unspecified atom stereocenters. The number of thiazole rings is 1. The fourth-order valence-electron chi connectivity index (χ4n) is 3.73. The fourth-order valence-corrected chi connectivity index (χ4v) is 4.90. The van der Waals surface area contributed by atoms with Crippen LogP contribution < -0.4 is 20.1 Å². The minimum Gasteiger partial charge on any atom is -0.497 e.